The molecule has 0 unspecified atom stereocenters. The Morgan fingerprint density at radius 3 is 2.19 bits per heavy atom. The molecule has 0 saturated heterocycles. The van der Waals surface area contributed by atoms with Gasteiger partial charge in [0.25, 0.3) is 5.91 Å². The molecule has 1 aliphatic carbocycles. The zero-order valence-electron chi connectivity index (χ0n) is 18.8. The Morgan fingerprint density at radius 2 is 1.55 bits per heavy atom. The van der Waals surface area contributed by atoms with Crippen molar-refractivity contribution in [3.63, 3.8) is 0 Å². The highest BCUT2D eigenvalue weighted by atomic mass is 16.1. The molecular weight excluding hydrogens is 380 g/mol. The lowest BCUT2D eigenvalue weighted by molar-refractivity contribution is 0.102. The molecular formula is C28H32N2O. The molecule has 1 amide bonds. The van der Waals surface area contributed by atoms with Crippen molar-refractivity contribution in [1.82, 2.24) is 0 Å². The summed E-state index contributed by atoms with van der Waals surface area (Å²) in [6, 6.07) is 22.8. The van der Waals surface area contributed by atoms with Crippen LogP contribution in [0.25, 0.3) is 11.1 Å². The number of nitrogens with zero attached hydrogens (tertiary/aromatic N) is 1. The van der Waals surface area contributed by atoms with E-state index in [1.165, 1.54) is 37.7 Å². The molecule has 1 aliphatic rings. The van der Waals surface area contributed by atoms with Crippen molar-refractivity contribution < 1.29 is 4.79 Å². The number of rotatable bonds is 5. The first-order chi connectivity index (χ1) is 15.0. The molecule has 0 aliphatic heterocycles. The van der Waals surface area contributed by atoms with Crippen molar-refractivity contribution in [3.05, 3.63) is 83.4 Å². The third kappa shape index (κ3) is 4.82. The van der Waals surface area contributed by atoms with E-state index in [9.17, 15) is 4.79 Å². The van der Waals surface area contributed by atoms with Gasteiger partial charge in [0.15, 0.2) is 0 Å². The summed E-state index contributed by atoms with van der Waals surface area (Å²) in [5.74, 6) is 0.617. The molecule has 3 nitrogen and oxygen atoms in total. The minimum atomic E-state index is -0.0605. The molecule has 1 saturated carbocycles. The van der Waals surface area contributed by atoms with E-state index < -0.39 is 0 Å². The van der Waals surface area contributed by atoms with Crippen LogP contribution in [0.4, 0.5) is 11.4 Å². The summed E-state index contributed by atoms with van der Waals surface area (Å²) in [6.45, 7) is 2.02. The van der Waals surface area contributed by atoms with Gasteiger partial charge in [-0.15, -0.1) is 0 Å². The number of amides is 1. The van der Waals surface area contributed by atoms with Crippen LogP contribution in [0.5, 0.6) is 0 Å². The van der Waals surface area contributed by atoms with E-state index in [2.05, 4.69) is 52.7 Å². The quantitative estimate of drug-likeness (QED) is 0.488. The molecule has 0 heterocycles. The van der Waals surface area contributed by atoms with E-state index in [0.717, 1.165) is 28.1 Å². The number of carbonyl (C=O) groups is 1. The van der Waals surface area contributed by atoms with Gasteiger partial charge < -0.3 is 10.2 Å². The molecule has 0 radical (unpaired) electrons. The first-order valence-electron chi connectivity index (χ1n) is 11.3. The molecule has 3 heteroatoms. The molecule has 3 aromatic carbocycles. The molecule has 0 spiro atoms. The van der Waals surface area contributed by atoms with Gasteiger partial charge in [0.2, 0.25) is 0 Å². The predicted octanol–water partition coefficient (Wildman–Crippen LogP) is 7.03. The van der Waals surface area contributed by atoms with Crippen LogP contribution >= 0.6 is 0 Å². The summed E-state index contributed by atoms with van der Waals surface area (Å²) in [5.41, 5.74) is 7.33. The third-order valence-electron chi connectivity index (χ3n) is 6.52. The van der Waals surface area contributed by atoms with Crippen LogP contribution in [0.2, 0.25) is 0 Å². The highest BCUT2D eigenvalue weighted by Gasteiger charge is 2.16. The van der Waals surface area contributed by atoms with Gasteiger partial charge in [-0.2, -0.15) is 0 Å². The Kier molecular flexibility index (Phi) is 6.41. The molecule has 1 fully saturated rings. The van der Waals surface area contributed by atoms with Gasteiger partial charge in [-0.1, -0.05) is 55.7 Å². The van der Waals surface area contributed by atoms with E-state index in [-0.39, 0.29) is 5.91 Å². The van der Waals surface area contributed by atoms with Crippen LogP contribution in [-0.4, -0.2) is 20.0 Å². The standard InChI is InChI=1S/C28H32N2O/c1-20-26(23-14-18-25(19-15-23)30(2)3)10-7-11-27(20)28(31)29-24-16-12-22(13-17-24)21-8-5-4-6-9-21/h7,10-19,21H,4-6,8-9H2,1-3H3,(H,29,31). The highest BCUT2D eigenvalue weighted by Crippen LogP contribution is 2.33. The summed E-state index contributed by atoms with van der Waals surface area (Å²) in [4.78, 5) is 15.1. The molecule has 0 atom stereocenters. The number of nitrogens with one attached hydrogen (secondary N) is 1. The van der Waals surface area contributed by atoms with Gasteiger partial charge in [-0.25, -0.2) is 0 Å². The van der Waals surface area contributed by atoms with Crippen LogP contribution in [0.3, 0.4) is 0 Å². The smallest absolute Gasteiger partial charge is 0.255 e. The minimum Gasteiger partial charge on any atom is -0.378 e. The predicted molar refractivity (Wildman–Crippen MR) is 131 cm³/mol. The van der Waals surface area contributed by atoms with Gasteiger partial charge in [-0.05, 0) is 78.3 Å². The second-order valence-electron chi connectivity index (χ2n) is 8.83. The highest BCUT2D eigenvalue weighted by molar-refractivity contribution is 6.06. The first kappa shape index (κ1) is 21.2. The minimum absolute atomic E-state index is 0.0605. The molecule has 1 N–H and O–H groups in total. The number of hydrogen-bond donors (Lipinski definition) is 1. The maximum atomic E-state index is 13.0. The van der Waals surface area contributed by atoms with Crippen LogP contribution < -0.4 is 10.2 Å². The second kappa shape index (κ2) is 9.38. The average molecular weight is 413 g/mol. The van der Waals surface area contributed by atoms with Gasteiger partial charge in [0, 0.05) is 31.0 Å². The van der Waals surface area contributed by atoms with E-state index >= 15 is 0 Å². The lowest BCUT2D eigenvalue weighted by Gasteiger charge is -2.22. The maximum absolute atomic E-state index is 13.0. The lowest BCUT2D eigenvalue weighted by atomic mass is 9.84. The van der Waals surface area contributed by atoms with Crippen molar-refractivity contribution in [3.8, 4) is 11.1 Å². The van der Waals surface area contributed by atoms with Crippen molar-refractivity contribution in [2.45, 2.75) is 44.9 Å². The molecule has 3 aromatic rings. The Balaban J connectivity index is 1.50. The van der Waals surface area contributed by atoms with E-state index in [1.807, 2.05) is 45.3 Å². The zero-order valence-corrected chi connectivity index (χ0v) is 18.8. The summed E-state index contributed by atoms with van der Waals surface area (Å²) >= 11 is 0. The summed E-state index contributed by atoms with van der Waals surface area (Å²) in [5, 5.41) is 3.09. The fourth-order valence-electron chi connectivity index (χ4n) is 4.61. The fourth-order valence-corrected chi connectivity index (χ4v) is 4.61. The molecule has 0 aromatic heterocycles. The summed E-state index contributed by atoms with van der Waals surface area (Å²) in [7, 11) is 4.07. The molecule has 31 heavy (non-hydrogen) atoms. The van der Waals surface area contributed by atoms with E-state index in [1.54, 1.807) is 0 Å². The Bertz CT molecular complexity index is 1030. The Labute approximate surface area is 186 Å². The van der Waals surface area contributed by atoms with Crippen molar-refractivity contribution in [1.29, 1.82) is 0 Å². The topological polar surface area (TPSA) is 32.3 Å². The number of carbonyl (C=O) groups excluding carboxylic acids is 1. The Morgan fingerprint density at radius 1 is 0.871 bits per heavy atom. The zero-order chi connectivity index (χ0) is 21.8. The lowest BCUT2D eigenvalue weighted by Crippen LogP contribution is -2.14. The fraction of sp³-hybridized carbons (Fsp3) is 0.321. The second-order valence-corrected chi connectivity index (χ2v) is 8.83. The molecule has 160 valence electrons. The Hall–Kier alpha value is -3.07. The van der Waals surface area contributed by atoms with E-state index in [0.29, 0.717) is 11.5 Å². The van der Waals surface area contributed by atoms with Gasteiger partial charge in [0.1, 0.15) is 0 Å². The van der Waals surface area contributed by atoms with Crippen molar-refractivity contribution >= 4 is 17.3 Å². The summed E-state index contributed by atoms with van der Waals surface area (Å²) < 4.78 is 0. The largest absolute Gasteiger partial charge is 0.378 e. The van der Waals surface area contributed by atoms with Gasteiger partial charge in [-0.3, -0.25) is 4.79 Å². The van der Waals surface area contributed by atoms with E-state index in [4.69, 9.17) is 0 Å². The normalized spacial score (nSPS) is 14.3. The summed E-state index contributed by atoms with van der Waals surface area (Å²) in [6.07, 6.45) is 6.59. The molecule has 0 bridgehead atoms. The van der Waals surface area contributed by atoms with Crippen molar-refractivity contribution in [2.75, 3.05) is 24.3 Å². The van der Waals surface area contributed by atoms with Gasteiger partial charge >= 0.3 is 0 Å². The average Bonchev–Trinajstić information content (AvgIpc) is 2.80. The van der Waals surface area contributed by atoms with Gasteiger partial charge in [0.05, 0.1) is 0 Å². The number of benzene rings is 3. The monoisotopic (exact) mass is 412 g/mol. The van der Waals surface area contributed by atoms with Crippen LogP contribution in [0, 0.1) is 6.92 Å². The van der Waals surface area contributed by atoms with Crippen molar-refractivity contribution in [2.24, 2.45) is 0 Å². The van der Waals surface area contributed by atoms with Crippen LogP contribution in [-0.2, 0) is 0 Å². The maximum Gasteiger partial charge on any atom is 0.255 e. The third-order valence-corrected chi connectivity index (χ3v) is 6.52. The first-order valence-corrected chi connectivity index (χ1v) is 11.3. The number of anilines is 2. The SMILES string of the molecule is Cc1c(C(=O)Nc2ccc(C3CCCCC3)cc2)cccc1-c1ccc(N(C)C)cc1. The van der Waals surface area contributed by atoms with Crippen LogP contribution in [0.15, 0.2) is 66.7 Å². The number of hydrogen-bond acceptors (Lipinski definition) is 2. The van der Waals surface area contributed by atoms with Crippen LogP contribution in [0.1, 0.15) is 59.5 Å². The molecule has 4 rings (SSSR count).